The predicted molar refractivity (Wildman–Crippen MR) is 66.5 cm³/mol. The summed E-state index contributed by atoms with van der Waals surface area (Å²) in [6, 6.07) is 9.17. The molecular formula is C12H12ClNO2S. The van der Waals surface area contributed by atoms with Crippen molar-refractivity contribution >= 4 is 21.4 Å². The number of halogens is 1. The number of hydrogen-bond donors (Lipinski definition) is 0. The van der Waals surface area contributed by atoms with Crippen LogP contribution in [0.5, 0.6) is 0 Å². The van der Waals surface area contributed by atoms with Gasteiger partial charge in [-0.3, -0.25) is 0 Å². The molecule has 1 heterocycles. The molecule has 1 aliphatic rings. The molecule has 2 atom stereocenters. The second-order valence-corrected chi connectivity index (χ2v) is 6.96. The fraction of sp³-hybridized carbons (Fsp3) is 0.417. The number of rotatable bonds is 2. The van der Waals surface area contributed by atoms with E-state index in [1.165, 1.54) is 0 Å². The first-order chi connectivity index (χ1) is 8.03. The summed E-state index contributed by atoms with van der Waals surface area (Å²) in [6.07, 6.45) is 0.580. The number of sulfone groups is 1. The van der Waals surface area contributed by atoms with Gasteiger partial charge in [-0.2, -0.15) is 5.26 Å². The summed E-state index contributed by atoms with van der Waals surface area (Å²) in [5.41, 5.74) is 1.26. The van der Waals surface area contributed by atoms with E-state index < -0.39 is 15.2 Å². The Morgan fingerprint density at radius 2 is 2.12 bits per heavy atom. The van der Waals surface area contributed by atoms with E-state index in [1.54, 1.807) is 18.2 Å². The van der Waals surface area contributed by atoms with Gasteiger partial charge in [-0.15, -0.1) is 11.6 Å². The van der Waals surface area contributed by atoms with Crippen LogP contribution in [0.3, 0.4) is 0 Å². The standard InChI is InChI=1S/C12H12ClNO2S/c13-12(10-5-6-17(15,16)8-10)11-4-2-1-3-9(11)7-14/h1-4,10,12H,5-6,8H2. The van der Waals surface area contributed by atoms with Crippen molar-refractivity contribution < 1.29 is 8.42 Å². The molecule has 1 aliphatic heterocycles. The summed E-state index contributed by atoms with van der Waals surface area (Å²) < 4.78 is 22.8. The van der Waals surface area contributed by atoms with Crippen molar-refractivity contribution in [2.24, 2.45) is 5.92 Å². The zero-order valence-electron chi connectivity index (χ0n) is 9.14. The van der Waals surface area contributed by atoms with E-state index in [-0.39, 0.29) is 17.4 Å². The Kier molecular flexibility index (Phi) is 3.41. The molecule has 1 aromatic carbocycles. The maximum atomic E-state index is 11.4. The van der Waals surface area contributed by atoms with Crippen LogP contribution >= 0.6 is 11.6 Å². The predicted octanol–water partition coefficient (Wildman–Crippen LogP) is 2.27. The summed E-state index contributed by atoms with van der Waals surface area (Å²) in [5, 5.41) is 8.59. The molecule has 0 bridgehead atoms. The molecule has 90 valence electrons. The van der Waals surface area contributed by atoms with Gasteiger partial charge in [-0.1, -0.05) is 18.2 Å². The zero-order chi connectivity index (χ0) is 12.5. The van der Waals surface area contributed by atoms with Gasteiger partial charge in [-0.05, 0) is 24.0 Å². The van der Waals surface area contributed by atoms with E-state index in [9.17, 15) is 8.42 Å². The SMILES string of the molecule is N#Cc1ccccc1C(Cl)C1CCS(=O)(=O)C1. The van der Waals surface area contributed by atoms with Crippen LogP contribution in [0.1, 0.15) is 22.9 Å². The highest BCUT2D eigenvalue weighted by Crippen LogP contribution is 2.37. The molecule has 2 rings (SSSR count). The molecule has 3 nitrogen and oxygen atoms in total. The van der Waals surface area contributed by atoms with Crippen molar-refractivity contribution in [3.8, 4) is 6.07 Å². The first kappa shape index (κ1) is 12.4. The summed E-state index contributed by atoms with van der Waals surface area (Å²) in [4.78, 5) is 0. The maximum absolute atomic E-state index is 11.4. The highest BCUT2D eigenvalue weighted by atomic mass is 35.5. The lowest BCUT2D eigenvalue weighted by Crippen LogP contribution is -2.11. The normalized spacial score (nSPS) is 24.1. The minimum Gasteiger partial charge on any atom is -0.229 e. The monoisotopic (exact) mass is 269 g/mol. The lowest BCUT2D eigenvalue weighted by Gasteiger charge is -2.16. The van der Waals surface area contributed by atoms with Crippen LogP contribution in [0.2, 0.25) is 0 Å². The highest BCUT2D eigenvalue weighted by molar-refractivity contribution is 7.91. The van der Waals surface area contributed by atoms with Crippen LogP contribution in [-0.2, 0) is 9.84 Å². The Morgan fingerprint density at radius 1 is 1.41 bits per heavy atom. The van der Waals surface area contributed by atoms with Crippen LogP contribution in [-0.4, -0.2) is 19.9 Å². The van der Waals surface area contributed by atoms with Gasteiger partial charge in [-0.25, -0.2) is 8.42 Å². The molecule has 17 heavy (non-hydrogen) atoms. The average molecular weight is 270 g/mol. The molecule has 0 aromatic heterocycles. The highest BCUT2D eigenvalue weighted by Gasteiger charge is 2.34. The molecule has 2 unspecified atom stereocenters. The summed E-state index contributed by atoms with van der Waals surface area (Å²) in [7, 11) is -2.94. The molecule has 1 fully saturated rings. The van der Waals surface area contributed by atoms with Crippen LogP contribution in [0.25, 0.3) is 0 Å². The van der Waals surface area contributed by atoms with Crippen molar-refractivity contribution in [1.29, 1.82) is 5.26 Å². The number of nitriles is 1. The Hall–Kier alpha value is -1.05. The van der Waals surface area contributed by atoms with E-state index in [0.29, 0.717) is 12.0 Å². The van der Waals surface area contributed by atoms with Gasteiger partial charge >= 0.3 is 0 Å². The lowest BCUT2D eigenvalue weighted by atomic mass is 9.95. The maximum Gasteiger partial charge on any atom is 0.150 e. The number of benzene rings is 1. The van der Waals surface area contributed by atoms with Gasteiger partial charge in [0, 0.05) is 0 Å². The minimum atomic E-state index is -2.94. The molecule has 0 aliphatic carbocycles. The van der Waals surface area contributed by atoms with Crippen molar-refractivity contribution in [2.45, 2.75) is 11.8 Å². The van der Waals surface area contributed by atoms with E-state index in [4.69, 9.17) is 16.9 Å². The van der Waals surface area contributed by atoms with Crippen molar-refractivity contribution in [1.82, 2.24) is 0 Å². The van der Waals surface area contributed by atoms with Gasteiger partial charge in [0.2, 0.25) is 0 Å². The smallest absolute Gasteiger partial charge is 0.150 e. The van der Waals surface area contributed by atoms with Gasteiger partial charge in [0.1, 0.15) is 0 Å². The number of alkyl halides is 1. The largest absolute Gasteiger partial charge is 0.229 e. The third-order valence-corrected chi connectivity index (χ3v) is 5.45. The topological polar surface area (TPSA) is 57.9 Å². The van der Waals surface area contributed by atoms with Crippen LogP contribution < -0.4 is 0 Å². The third kappa shape index (κ3) is 2.62. The fourth-order valence-electron chi connectivity index (χ4n) is 2.15. The molecule has 1 aromatic rings. The first-order valence-corrected chi connectivity index (χ1v) is 7.63. The first-order valence-electron chi connectivity index (χ1n) is 5.37. The quantitative estimate of drug-likeness (QED) is 0.774. The molecular weight excluding hydrogens is 258 g/mol. The van der Waals surface area contributed by atoms with Crippen LogP contribution in [0.15, 0.2) is 24.3 Å². The third-order valence-electron chi connectivity index (χ3n) is 3.06. The van der Waals surface area contributed by atoms with Crippen molar-refractivity contribution in [3.05, 3.63) is 35.4 Å². The number of nitrogens with zero attached hydrogens (tertiary/aromatic N) is 1. The van der Waals surface area contributed by atoms with Crippen LogP contribution in [0, 0.1) is 17.2 Å². The molecule has 5 heteroatoms. The second kappa shape index (κ2) is 4.67. The Balaban J connectivity index is 2.27. The summed E-state index contributed by atoms with van der Waals surface area (Å²) >= 11 is 6.31. The molecule has 0 N–H and O–H groups in total. The Bertz CT molecular complexity index is 562. The van der Waals surface area contributed by atoms with Crippen molar-refractivity contribution in [3.63, 3.8) is 0 Å². The van der Waals surface area contributed by atoms with E-state index in [0.717, 1.165) is 5.56 Å². The van der Waals surface area contributed by atoms with Gasteiger partial charge in [0.25, 0.3) is 0 Å². The van der Waals surface area contributed by atoms with Gasteiger partial charge in [0.15, 0.2) is 9.84 Å². The molecule has 0 spiro atoms. The Morgan fingerprint density at radius 3 is 2.71 bits per heavy atom. The fourth-order valence-corrected chi connectivity index (χ4v) is 4.50. The molecule has 0 amide bonds. The average Bonchev–Trinajstić information content (AvgIpc) is 2.68. The van der Waals surface area contributed by atoms with E-state index in [1.807, 2.05) is 6.07 Å². The number of hydrogen-bond acceptors (Lipinski definition) is 3. The molecule has 0 saturated carbocycles. The molecule has 1 saturated heterocycles. The van der Waals surface area contributed by atoms with Crippen LogP contribution in [0.4, 0.5) is 0 Å². The van der Waals surface area contributed by atoms with Crippen molar-refractivity contribution in [2.75, 3.05) is 11.5 Å². The minimum absolute atomic E-state index is 0.0869. The Labute approximate surface area is 106 Å². The molecule has 0 radical (unpaired) electrons. The summed E-state index contributed by atoms with van der Waals surface area (Å²) in [5.74, 6) is 0.243. The van der Waals surface area contributed by atoms with E-state index >= 15 is 0 Å². The summed E-state index contributed by atoms with van der Waals surface area (Å²) in [6.45, 7) is 0. The van der Waals surface area contributed by atoms with Gasteiger partial charge in [0.05, 0.1) is 28.5 Å². The zero-order valence-corrected chi connectivity index (χ0v) is 10.7. The lowest BCUT2D eigenvalue weighted by molar-refractivity contribution is 0.568. The second-order valence-electron chi connectivity index (χ2n) is 4.26. The van der Waals surface area contributed by atoms with E-state index in [2.05, 4.69) is 6.07 Å². The van der Waals surface area contributed by atoms with Gasteiger partial charge < -0.3 is 0 Å².